The molecule has 0 spiro atoms. The van der Waals surface area contributed by atoms with Crippen LogP contribution >= 0.6 is 0 Å². The number of sulfone groups is 1. The van der Waals surface area contributed by atoms with Crippen LogP contribution in [0, 0.1) is 0 Å². The average Bonchev–Trinajstić information content (AvgIpc) is 3.28. The summed E-state index contributed by atoms with van der Waals surface area (Å²) in [5.41, 5.74) is 3.18. The molecule has 30 heavy (non-hydrogen) atoms. The zero-order chi connectivity index (χ0) is 21.6. The Balaban J connectivity index is 2.31. The van der Waals surface area contributed by atoms with E-state index in [9.17, 15) is 8.42 Å². The first kappa shape index (κ1) is 22.0. The number of benzene rings is 2. The van der Waals surface area contributed by atoms with Crippen molar-refractivity contribution in [3.63, 3.8) is 0 Å². The highest BCUT2D eigenvalue weighted by Gasteiger charge is 2.24. The van der Waals surface area contributed by atoms with E-state index in [0.29, 0.717) is 11.4 Å². The van der Waals surface area contributed by atoms with Gasteiger partial charge in [-0.25, -0.2) is 13.5 Å². The van der Waals surface area contributed by atoms with E-state index in [1.165, 1.54) is 6.26 Å². The Labute approximate surface area is 178 Å². The lowest BCUT2D eigenvalue weighted by Crippen LogP contribution is -2.27. The first-order chi connectivity index (χ1) is 14.5. The number of anilines is 1. The molecule has 2 aromatic carbocycles. The van der Waals surface area contributed by atoms with Gasteiger partial charge in [0.25, 0.3) is 0 Å². The van der Waals surface area contributed by atoms with Gasteiger partial charge in [-0.3, -0.25) is 0 Å². The van der Waals surface area contributed by atoms with Crippen LogP contribution in [-0.4, -0.2) is 48.4 Å². The smallest absolute Gasteiger partial charge is 0.179 e. The first-order valence-corrected chi connectivity index (χ1v) is 12.3. The second-order valence-electron chi connectivity index (χ2n) is 7.45. The highest BCUT2D eigenvalue weighted by atomic mass is 32.2. The summed E-state index contributed by atoms with van der Waals surface area (Å²) in [6.45, 7) is 6.04. The number of nitrogens with one attached hydrogen (secondary N) is 1. The SMILES string of the molecule is CCCCN(CCCC)c1cc(-c2nnn[nH]2)cc(S(C)(=O)=O)c1-c1ccccc1. The van der Waals surface area contributed by atoms with Crippen LogP contribution in [0.3, 0.4) is 0 Å². The molecule has 0 aliphatic carbocycles. The van der Waals surface area contributed by atoms with Crippen molar-refractivity contribution in [3.05, 3.63) is 42.5 Å². The summed E-state index contributed by atoms with van der Waals surface area (Å²) < 4.78 is 25.7. The second-order valence-corrected chi connectivity index (χ2v) is 9.43. The summed E-state index contributed by atoms with van der Waals surface area (Å²) in [5.74, 6) is 0.451. The van der Waals surface area contributed by atoms with Crippen molar-refractivity contribution in [1.29, 1.82) is 0 Å². The number of unbranched alkanes of at least 4 members (excludes halogenated alkanes) is 2. The Morgan fingerprint density at radius 1 is 0.967 bits per heavy atom. The van der Waals surface area contributed by atoms with Crippen LogP contribution in [0.5, 0.6) is 0 Å². The molecule has 0 fully saturated rings. The Bertz CT molecular complexity index is 1040. The highest BCUT2D eigenvalue weighted by molar-refractivity contribution is 7.90. The number of H-pyrrole nitrogens is 1. The molecule has 0 saturated carbocycles. The maximum Gasteiger partial charge on any atom is 0.179 e. The molecule has 1 heterocycles. The third-order valence-corrected chi connectivity index (χ3v) is 6.19. The van der Waals surface area contributed by atoms with Crippen LogP contribution < -0.4 is 4.90 Å². The van der Waals surface area contributed by atoms with Crippen molar-refractivity contribution in [2.45, 2.75) is 44.4 Å². The third kappa shape index (κ3) is 5.05. The van der Waals surface area contributed by atoms with Gasteiger partial charge in [-0.15, -0.1) is 5.10 Å². The highest BCUT2D eigenvalue weighted by Crippen LogP contribution is 2.40. The van der Waals surface area contributed by atoms with Gasteiger partial charge in [-0.05, 0) is 41.0 Å². The second kappa shape index (κ2) is 9.84. The predicted octanol–water partition coefficient (Wildman–Crippen LogP) is 4.34. The van der Waals surface area contributed by atoms with Gasteiger partial charge in [0.2, 0.25) is 0 Å². The third-order valence-electron chi connectivity index (χ3n) is 5.07. The van der Waals surface area contributed by atoms with E-state index in [4.69, 9.17) is 0 Å². The van der Waals surface area contributed by atoms with Gasteiger partial charge in [0.15, 0.2) is 15.7 Å². The molecular formula is C22H29N5O2S. The van der Waals surface area contributed by atoms with Crippen molar-refractivity contribution < 1.29 is 8.42 Å². The van der Waals surface area contributed by atoms with E-state index < -0.39 is 9.84 Å². The van der Waals surface area contributed by atoms with Crippen LogP contribution in [0.25, 0.3) is 22.5 Å². The van der Waals surface area contributed by atoms with Crippen LogP contribution in [0.1, 0.15) is 39.5 Å². The van der Waals surface area contributed by atoms with E-state index in [1.54, 1.807) is 6.07 Å². The van der Waals surface area contributed by atoms with Crippen molar-refractivity contribution in [2.24, 2.45) is 0 Å². The molecule has 7 nitrogen and oxygen atoms in total. The molecule has 0 unspecified atom stereocenters. The summed E-state index contributed by atoms with van der Waals surface area (Å²) in [5, 5.41) is 14.1. The number of tetrazole rings is 1. The van der Waals surface area contributed by atoms with Crippen LogP contribution in [0.15, 0.2) is 47.4 Å². The monoisotopic (exact) mass is 427 g/mol. The van der Waals surface area contributed by atoms with Crippen molar-refractivity contribution in [1.82, 2.24) is 20.6 Å². The normalized spacial score (nSPS) is 11.6. The molecule has 160 valence electrons. The standard InChI is InChI=1S/C22H29N5O2S/c1-4-6-13-27(14-7-5-2)19-15-18(22-23-25-26-24-22)16-20(30(3,28)29)21(19)17-11-9-8-10-12-17/h8-12,15-16H,4-7,13-14H2,1-3H3,(H,23,24,25,26). The summed E-state index contributed by atoms with van der Waals surface area (Å²) >= 11 is 0. The minimum Gasteiger partial charge on any atom is -0.371 e. The fraction of sp³-hybridized carbons (Fsp3) is 0.409. The van der Waals surface area contributed by atoms with Crippen molar-refractivity contribution in [3.8, 4) is 22.5 Å². The topological polar surface area (TPSA) is 91.8 Å². The van der Waals surface area contributed by atoms with Crippen molar-refractivity contribution in [2.75, 3.05) is 24.2 Å². The molecule has 0 aliphatic rings. The van der Waals surface area contributed by atoms with Gasteiger partial charge in [0, 0.05) is 36.2 Å². The zero-order valence-corrected chi connectivity index (χ0v) is 18.6. The number of nitrogens with zero attached hydrogens (tertiary/aromatic N) is 4. The predicted molar refractivity (Wildman–Crippen MR) is 120 cm³/mol. The average molecular weight is 428 g/mol. The Morgan fingerprint density at radius 2 is 1.63 bits per heavy atom. The summed E-state index contributed by atoms with van der Waals surface area (Å²) in [4.78, 5) is 2.59. The molecule has 0 radical (unpaired) electrons. The number of aromatic nitrogens is 4. The molecule has 1 aromatic heterocycles. The molecule has 1 N–H and O–H groups in total. The number of hydrogen-bond donors (Lipinski definition) is 1. The lowest BCUT2D eigenvalue weighted by Gasteiger charge is -2.29. The minimum atomic E-state index is -3.50. The molecule has 0 aliphatic heterocycles. The maximum absolute atomic E-state index is 12.9. The number of hydrogen-bond acceptors (Lipinski definition) is 6. The van der Waals surface area contributed by atoms with Gasteiger partial charge >= 0.3 is 0 Å². The number of aromatic amines is 1. The molecule has 0 atom stereocenters. The molecular weight excluding hydrogens is 398 g/mol. The van der Waals surface area contributed by atoms with Crippen LogP contribution in [0.2, 0.25) is 0 Å². The van der Waals surface area contributed by atoms with Crippen LogP contribution in [-0.2, 0) is 9.84 Å². The molecule has 0 amide bonds. The fourth-order valence-corrected chi connectivity index (χ4v) is 4.44. The zero-order valence-electron chi connectivity index (χ0n) is 17.8. The van der Waals surface area contributed by atoms with Gasteiger partial charge in [0.05, 0.1) is 4.90 Å². The molecule has 3 aromatic rings. The molecule has 3 rings (SSSR count). The van der Waals surface area contributed by atoms with E-state index >= 15 is 0 Å². The van der Waals surface area contributed by atoms with Crippen molar-refractivity contribution >= 4 is 15.5 Å². The Kier molecular flexibility index (Phi) is 7.20. The minimum absolute atomic E-state index is 0.288. The summed E-state index contributed by atoms with van der Waals surface area (Å²) in [7, 11) is -3.50. The quantitative estimate of drug-likeness (QED) is 0.517. The fourth-order valence-electron chi connectivity index (χ4n) is 3.51. The largest absolute Gasteiger partial charge is 0.371 e. The lowest BCUT2D eigenvalue weighted by atomic mass is 9.99. The number of rotatable bonds is 10. The molecule has 0 saturated heterocycles. The van der Waals surface area contributed by atoms with Gasteiger partial charge in [-0.2, -0.15) is 0 Å². The van der Waals surface area contributed by atoms with Gasteiger partial charge in [-0.1, -0.05) is 57.0 Å². The Hall–Kier alpha value is -2.74. The first-order valence-electron chi connectivity index (χ1n) is 10.4. The Morgan fingerprint density at radius 3 is 2.17 bits per heavy atom. The van der Waals surface area contributed by atoms with Gasteiger partial charge < -0.3 is 4.90 Å². The van der Waals surface area contributed by atoms with Crippen LogP contribution in [0.4, 0.5) is 5.69 Å². The van der Waals surface area contributed by atoms with E-state index in [1.807, 2.05) is 36.4 Å². The molecule has 0 bridgehead atoms. The molecule has 8 heteroatoms. The summed E-state index contributed by atoms with van der Waals surface area (Å²) in [6.07, 6.45) is 5.44. The van der Waals surface area contributed by atoms with Gasteiger partial charge in [0.1, 0.15) is 0 Å². The summed E-state index contributed by atoms with van der Waals surface area (Å²) in [6, 6.07) is 13.4. The van der Waals surface area contributed by atoms with E-state index in [2.05, 4.69) is 39.4 Å². The van der Waals surface area contributed by atoms with E-state index in [-0.39, 0.29) is 4.90 Å². The maximum atomic E-state index is 12.9. The van der Waals surface area contributed by atoms with E-state index in [0.717, 1.165) is 55.6 Å². The lowest BCUT2D eigenvalue weighted by molar-refractivity contribution is 0.602.